The average molecular weight is 464 g/mol. The standard InChI is InChI=1S/C23H28F3N5O2/c1-14-3-4-17(28-21(32)31-6-5-15(11-31)10-23(24,25)26)9-18(14)16-7-19(27)29-20(8-16)30-22(2)12-33-13-22/h3-4,7-9,15H,5-6,10-13H2,1-2H3,(H,28,32)(H3,27,29,30)/t15-/m0/s1. The van der Waals surface area contributed by atoms with Crippen molar-refractivity contribution in [3.05, 3.63) is 35.9 Å². The predicted molar refractivity (Wildman–Crippen MR) is 121 cm³/mol. The summed E-state index contributed by atoms with van der Waals surface area (Å²) in [6.45, 7) is 5.57. The second kappa shape index (κ2) is 8.74. The first-order valence-electron chi connectivity index (χ1n) is 10.9. The molecule has 7 nitrogen and oxygen atoms in total. The van der Waals surface area contributed by atoms with E-state index < -0.39 is 24.5 Å². The lowest BCUT2D eigenvalue weighted by molar-refractivity contribution is -0.143. The lowest BCUT2D eigenvalue weighted by Crippen LogP contribution is -2.53. The summed E-state index contributed by atoms with van der Waals surface area (Å²) in [5.74, 6) is 0.441. The summed E-state index contributed by atoms with van der Waals surface area (Å²) in [7, 11) is 0. The molecule has 3 heterocycles. The van der Waals surface area contributed by atoms with Crippen molar-refractivity contribution in [1.29, 1.82) is 0 Å². The summed E-state index contributed by atoms with van der Waals surface area (Å²) in [4.78, 5) is 18.4. The second-order valence-corrected chi connectivity index (χ2v) is 9.22. The van der Waals surface area contributed by atoms with E-state index in [0.29, 0.717) is 43.5 Å². The smallest absolute Gasteiger partial charge is 0.384 e. The van der Waals surface area contributed by atoms with Gasteiger partial charge in [0.2, 0.25) is 0 Å². The number of aromatic nitrogens is 1. The van der Waals surface area contributed by atoms with Gasteiger partial charge in [-0.3, -0.25) is 0 Å². The number of urea groups is 1. The first-order valence-corrected chi connectivity index (χ1v) is 10.9. The molecule has 2 aromatic rings. The normalized spacial score (nSPS) is 19.8. The molecule has 33 heavy (non-hydrogen) atoms. The number of aryl methyl sites for hydroxylation is 1. The summed E-state index contributed by atoms with van der Waals surface area (Å²) in [5.41, 5.74) is 9.11. The van der Waals surface area contributed by atoms with Gasteiger partial charge in [0.25, 0.3) is 0 Å². The van der Waals surface area contributed by atoms with E-state index in [-0.39, 0.29) is 12.1 Å². The van der Waals surface area contributed by atoms with Gasteiger partial charge in [-0.25, -0.2) is 9.78 Å². The number of nitrogens with one attached hydrogen (secondary N) is 2. The zero-order valence-electron chi connectivity index (χ0n) is 18.6. The number of nitrogens with two attached hydrogens (primary N) is 1. The summed E-state index contributed by atoms with van der Waals surface area (Å²) in [6.07, 6.45) is -4.73. The van der Waals surface area contributed by atoms with Crippen molar-refractivity contribution < 1.29 is 22.7 Å². The second-order valence-electron chi connectivity index (χ2n) is 9.22. The highest BCUT2D eigenvalue weighted by molar-refractivity contribution is 5.91. The van der Waals surface area contributed by atoms with E-state index >= 15 is 0 Å². The molecule has 4 N–H and O–H groups in total. The molecule has 2 fully saturated rings. The minimum Gasteiger partial charge on any atom is -0.384 e. The number of carbonyl (C=O) groups excluding carboxylic acids is 1. The highest BCUT2D eigenvalue weighted by atomic mass is 19.4. The molecule has 4 rings (SSSR count). The van der Waals surface area contributed by atoms with Crippen molar-refractivity contribution >= 4 is 23.4 Å². The number of halogens is 3. The van der Waals surface area contributed by atoms with Crippen LogP contribution >= 0.6 is 0 Å². The Kier molecular flexibility index (Phi) is 6.13. The molecular formula is C23H28F3N5O2. The minimum atomic E-state index is -4.22. The Bertz CT molecular complexity index is 1040. The zero-order chi connectivity index (χ0) is 23.8. The lowest BCUT2D eigenvalue weighted by atomic mass is 9.98. The Morgan fingerprint density at radius 2 is 2.06 bits per heavy atom. The number of nitrogen functional groups attached to an aromatic ring is 1. The van der Waals surface area contributed by atoms with E-state index in [1.807, 2.05) is 32.0 Å². The van der Waals surface area contributed by atoms with E-state index in [2.05, 4.69) is 15.6 Å². The van der Waals surface area contributed by atoms with E-state index in [1.165, 1.54) is 4.90 Å². The van der Waals surface area contributed by atoms with Gasteiger partial charge in [-0.15, -0.1) is 0 Å². The molecule has 2 amide bonds. The third-order valence-electron chi connectivity index (χ3n) is 6.01. The predicted octanol–water partition coefficient (Wildman–Crippen LogP) is 4.65. The van der Waals surface area contributed by atoms with Gasteiger partial charge in [0.15, 0.2) is 0 Å². The summed E-state index contributed by atoms with van der Waals surface area (Å²) >= 11 is 0. The molecule has 178 valence electrons. The van der Waals surface area contributed by atoms with Gasteiger partial charge < -0.3 is 26.0 Å². The largest absolute Gasteiger partial charge is 0.389 e. The zero-order valence-corrected chi connectivity index (χ0v) is 18.6. The van der Waals surface area contributed by atoms with Crippen molar-refractivity contribution in [2.75, 3.05) is 42.7 Å². The van der Waals surface area contributed by atoms with Gasteiger partial charge >= 0.3 is 12.2 Å². The van der Waals surface area contributed by atoms with Gasteiger partial charge in [-0.2, -0.15) is 13.2 Å². The van der Waals surface area contributed by atoms with Crippen LogP contribution in [-0.4, -0.2) is 53.9 Å². The molecule has 0 spiro atoms. The monoisotopic (exact) mass is 463 g/mol. The van der Waals surface area contributed by atoms with Crippen molar-refractivity contribution in [2.45, 2.75) is 38.4 Å². The van der Waals surface area contributed by atoms with Crippen LogP contribution in [0.5, 0.6) is 0 Å². The van der Waals surface area contributed by atoms with E-state index in [4.69, 9.17) is 10.5 Å². The van der Waals surface area contributed by atoms with Crippen LogP contribution in [0.2, 0.25) is 0 Å². The Hall–Kier alpha value is -3.01. The first-order chi connectivity index (χ1) is 15.5. The average Bonchev–Trinajstić information content (AvgIpc) is 3.14. The maximum absolute atomic E-state index is 12.7. The number of alkyl halides is 3. The number of hydrogen-bond acceptors (Lipinski definition) is 5. The molecule has 0 bridgehead atoms. The number of hydrogen-bond donors (Lipinski definition) is 3. The van der Waals surface area contributed by atoms with Crippen LogP contribution in [-0.2, 0) is 4.74 Å². The molecule has 0 unspecified atom stereocenters. The van der Waals surface area contributed by atoms with Crippen LogP contribution in [0.25, 0.3) is 11.1 Å². The Morgan fingerprint density at radius 1 is 1.30 bits per heavy atom. The SMILES string of the molecule is Cc1ccc(NC(=O)N2CC[C@@H](CC(F)(F)F)C2)cc1-c1cc(N)nc(NC2(C)COC2)c1. The molecule has 2 aliphatic rings. The third kappa shape index (κ3) is 5.68. The van der Waals surface area contributed by atoms with Crippen molar-refractivity contribution in [1.82, 2.24) is 9.88 Å². The summed E-state index contributed by atoms with van der Waals surface area (Å²) < 4.78 is 43.2. The topological polar surface area (TPSA) is 92.5 Å². The Balaban J connectivity index is 1.48. The number of carbonyl (C=O) groups is 1. The van der Waals surface area contributed by atoms with Crippen LogP contribution in [0, 0.1) is 12.8 Å². The molecule has 2 aliphatic heterocycles. The molecule has 0 radical (unpaired) electrons. The summed E-state index contributed by atoms with van der Waals surface area (Å²) in [5, 5.41) is 6.17. The van der Waals surface area contributed by atoms with Gasteiger partial charge in [0.05, 0.1) is 18.8 Å². The van der Waals surface area contributed by atoms with Gasteiger partial charge in [-0.05, 0) is 67.1 Å². The number of amides is 2. The molecule has 10 heteroatoms. The number of ether oxygens (including phenoxy) is 1. The number of anilines is 3. The highest BCUT2D eigenvalue weighted by Gasteiger charge is 2.36. The number of likely N-dealkylation sites (tertiary alicyclic amines) is 1. The molecule has 0 aliphatic carbocycles. The van der Waals surface area contributed by atoms with Crippen molar-refractivity contribution in [3.8, 4) is 11.1 Å². The van der Waals surface area contributed by atoms with Crippen molar-refractivity contribution in [3.63, 3.8) is 0 Å². The molecule has 1 atom stereocenters. The van der Waals surface area contributed by atoms with Crippen LogP contribution in [0.4, 0.5) is 35.3 Å². The Morgan fingerprint density at radius 3 is 2.73 bits per heavy atom. The van der Waals surface area contributed by atoms with E-state index in [0.717, 1.165) is 16.7 Å². The van der Waals surface area contributed by atoms with Gasteiger partial charge in [-0.1, -0.05) is 6.07 Å². The van der Waals surface area contributed by atoms with Gasteiger partial charge in [0, 0.05) is 25.2 Å². The third-order valence-corrected chi connectivity index (χ3v) is 6.01. The summed E-state index contributed by atoms with van der Waals surface area (Å²) in [6, 6.07) is 8.76. The molecule has 1 aromatic heterocycles. The fourth-order valence-electron chi connectivity index (χ4n) is 4.29. The Labute approximate surface area is 190 Å². The van der Waals surface area contributed by atoms with Crippen LogP contribution < -0.4 is 16.4 Å². The van der Waals surface area contributed by atoms with E-state index in [9.17, 15) is 18.0 Å². The maximum atomic E-state index is 12.7. The van der Waals surface area contributed by atoms with Crippen LogP contribution in [0.3, 0.4) is 0 Å². The van der Waals surface area contributed by atoms with Crippen molar-refractivity contribution in [2.24, 2.45) is 5.92 Å². The number of benzene rings is 1. The van der Waals surface area contributed by atoms with Gasteiger partial charge in [0.1, 0.15) is 11.6 Å². The molecule has 0 saturated carbocycles. The van der Waals surface area contributed by atoms with Crippen LogP contribution in [0.15, 0.2) is 30.3 Å². The maximum Gasteiger partial charge on any atom is 0.389 e. The first kappa shape index (κ1) is 23.2. The fraction of sp³-hybridized carbons (Fsp3) is 0.478. The number of rotatable bonds is 5. The highest BCUT2D eigenvalue weighted by Crippen LogP contribution is 2.33. The van der Waals surface area contributed by atoms with E-state index in [1.54, 1.807) is 12.1 Å². The lowest BCUT2D eigenvalue weighted by Gasteiger charge is -2.39. The fourth-order valence-corrected chi connectivity index (χ4v) is 4.29. The number of nitrogens with zero attached hydrogens (tertiary/aromatic N) is 2. The molecular weight excluding hydrogens is 435 g/mol. The quantitative estimate of drug-likeness (QED) is 0.601. The molecule has 2 saturated heterocycles. The molecule has 1 aromatic carbocycles. The minimum absolute atomic E-state index is 0.0997. The number of pyridine rings is 1. The van der Waals surface area contributed by atoms with Crippen LogP contribution in [0.1, 0.15) is 25.3 Å².